The molecule has 0 saturated carbocycles. The smallest absolute Gasteiger partial charge is 0.254 e. The molecule has 1 atom stereocenters. The van der Waals surface area contributed by atoms with E-state index in [9.17, 15) is 13.2 Å². The van der Waals surface area contributed by atoms with Crippen LogP contribution >= 0.6 is 11.6 Å². The van der Waals surface area contributed by atoms with Crippen LogP contribution in [0.3, 0.4) is 0 Å². The lowest BCUT2D eigenvalue weighted by Crippen LogP contribution is -2.35. The van der Waals surface area contributed by atoms with E-state index in [1.807, 2.05) is 0 Å². The number of rotatable bonds is 2. The highest BCUT2D eigenvalue weighted by molar-refractivity contribution is 7.94. The number of sulfone groups is 1. The van der Waals surface area contributed by atoms with Gasteiger partial charge in [-0.2, -0.15) is 0 Å². The molecule has 17 heavy (non-hydrogen) atoms. The summed E-state index contributed by atoms with van der Waals surface area (Å²) in [5.41, 5.74) is 0.229. The first-order valence-electron chi connectivity index (χ1n) is 4.79. The molecule has 1 aromatic heterocycles. The Morgan fingerprint density at radius 1 is 1.53 bits per heavy atom. The number of carbonyl (C=O) groups excluding carboxylic acids is 1. The molecule has 5 nitrogen and oxygen atoms in total. The van der Waals surface area contributed by atoms with E-state index in [1.54, 1.807) is 0 Å². The number of amides is 1. The second-order valence-corrected chi connectivity index (χ2v) is 5.93. The first-order chi connectivity index (χ1) is 7.98. The number of carbonyl (C=O) groups is 1. The van der Waals surface area contributed by atoms with Crippen molar-refractivity contribution < 1.29 is 13.2 Å². The second kappa shape index (κ2) is 4.46. The summed E-state index contributed by atoms with van der Waals surface area (Å²) in [6.45, 7) is 0. The molecule has 0 spiro atoms. The van der Waals surface area contributed by atoms with Gasteiger partial charge in [-0.15, -0.1) is 0 Å². The van der Waals surface area contributed by atoms with Crippen molar-refractivity contribution in [2.45, 2.75) is 6.04 Å². The van der Waals surface area contributed by atoms with Crippen molar-refractivity contribution in [1.29, 1.82) is 0 Å². The Morgan fingerprint density at radius 2 is 2.29 bits per heavy atom. The summed E-state index contributed by atoms with van der Waals surface area (Å²) < 4.78 is 22.3. The van der Waals surface area contributed by atoms with E-state index in [0.717, 1.165) is 5.41 Å². The molecule has 0 radical (unpaired) electrons. The van der Waals surface area contributed by atoms with Crippen LogP contribution in [0.2, 0.25) is 5.02 Å². The molecule has 0 fully saturated rings. The largest absolute Gasteiger partial charge is 0.345 e. The Hall–Kier alpha value is -1.40. The Morgan fingerprint density at radius 3 is 2.88 bits per heavy atom. The van der Waals surface area contributed by atoms with Crippen LogP contribution < -0.4 is 5.32 Å². The Bertz CT molecular complexity index is 583. The van der Waals surface area contributed by atoms with Gasteiger partial charge in [0, 0.05) is 17.8 Å². The highest BCUT2D eigenvalue weighted by Gasteiger charge is 2.24. The van der Waals surface area contributed by atoms with E-state index in [4.69, 9.17) is 11.6 Å². The van der Waals surface area contributed by atoms with Crippen molar-refractivity contribution >= 4 is 27.3 Å². The molecule has 90 valence electrons. The fraction of sp³-hybridized carbons (Fsp3) is 0.200. The van der Waals surface area contributed by atoms with Gasteiger partial charge in [0.2, 0.25) is 0 Å². The van der Waals surface area contributed by atoms with E-state index in [0.29, 0.717) is 0 Å². The van der Waals surface area contributed by atoms with E-state index in [-0.39, 0.29) is 16.3 Å². The van der Waals surface area contributed by atoms with Crippen LogP contribution in [0.1, 0.15) is 10.4 Å². The third kappa shape index (κ3) is 2.83. The van der Waals surface area contributed by atoms with Gasteiger partial charge in [0.05, 0.1) is 22.4 Å². The fourth-order valence-electron chi connectivity index (χ4n) is 1.46. The molecule has 0 aliphatic carbocycles. The minimum Gasteiger partial charge on any atom is -0.345 e. The fourth-order valence-corrected chi connectivity index (χ4v) is 2.88. The van der Waals surface area contributed by atoms with Gasteiger partial charge in [-0.05, 0) is 12.1 Å². The maximum absolute atomic E-state index is 11.8. The van der Waals surface area contributed by atoms with E-state index < -0.39 is 21.8 Å². The normalized spacial score (nSPS) is 21.4. The Balaban J connectivity index is 2.09. The monoisotopic (exact) mass is 272 g/mol. The standard InChI is InChI=1S/C10H9ClN2O3S/c11-9-1-3-12-5-8(9)10(14)13-7-2-4-17(15,16)6-7/h1-5,7H,6H2,(H,13,14). The number of halogens is 1. The second-order valence-electron chi connectivity index (χ2n) is 3.59. The molecule has 1 aliphatic heterocycles. The molecule has 1 aromatic rings. The van der Waals surface area contributed by atoms with Crippen LogP contribution in [-0.2, 0) is 9.84 Å². The van der Waals surface area contributed by atoms with E-state index >= 15 is 0 Å². The van der Waals surface area contributed by atoms with Crippen molar-refractivity contribution in [2.24, 2.45) is 0 Å². The number of nitrogens with zero attached hydrogens (tertiary/aromatic N) is 1. The Kier molecular flexibility index (Phi) is 3.17. The summed E-state index contributed by atoms with van der Waals surface area (Å²) in [7, 11) is -3.18. The lowest BCUT2D eigenvalue weighted by molar-refractivity contribution is 0.0947. The maximum Gasteiger partial charge on any atom is 0.254 e. The van der Waals surface area contributed by atoms with Crippen molar-refractivity contribution in [2.75, 3.05) is 5.75 Å². The van der Waals surface area contributed by atoms with Crippen LogP contribution in [0.25, 0.3) is 0 Å². The quantitative estimate of drug-likeness (QED) is 0.863. The van der Waals surface area contributed by atoms with Gasteiger partial charge in [0.15, 0.2) is 9.84 Å². The zero-order chi connectivity index (χ0) is 12.5. The molecule has 2 rings (SSSR count). The zero-order valence-electron chi connectivity index (χ0n) is 8.63. The lowest BCUT2D eigenvalue weighted by Gasteiger charge is -2.10. The molecule has 2 heterocycles. The van der Waals surface area contributed by atoms with Crippen LogP contribution in [0.15, 0.2) is 29.9 Å². The van der Waals surface area contributed by atoms with Crippen LogP contribution in [0.5, 0.6) is 0 Å². The number of hydrogen-bond donors (Lipinski definition) is 1. The van der Waals surface area contributed by atoms with Gasteiger partial charge < -0.3 is 5.32 Å². The van der Waals surface area contributed by atoms with E-state index in [1.165, 1.54) is 24.5 Å². The summed E-state index contributed by atoms with van der Waals surface area (Å²) in [5, 5.41) is 3.94. The summed E-state index contributed by atoms with van der Waals surface area (Å²) in [6.07, 6.45) is 4.25. The molecule has 1 unspecified atom stereocenters. The third-order valence-electron chi connectivity index (χ3n) is 2.26. The molecular formula is C10H9ClN2O3S. The third-order valence-corrected chi connectivity index (χ3v) is 3.98. The molecule has 0 aromatic carbocycles. The average Bonchev–Trinajstić information content (AvgIpc) is 2.58. The summed E-state index contributed by atoms with van der Waals surface area (Å²) in [5.74, 6) is -0.550. The number of hydrogen-bond acceptors (Lipinski definition) is 4. The van der Waals surface area contributed by atoms with Crippen molar-refractivity contribution in [3.8, 4) is 0 Å². The average molecular weight is 273 g/mol. The minimum atomic E-state index is -3.18. The molecule has 1 aliphatic rings. The lowest BCUT2D eigenvalue weighted by atomic mass is 10.2. The summed E-state index contributed by atoms with van der Waals surface area (Å²) in [6, 6.07) is 0.987. The van der Waals surface area contributed by atoms with Crippen LogP contribution in [0.4, 0.5) is 0 Å². The highest BCUT2D eigenvalue weighted by Crippen LogP contribution is 2.14. The molecule has 1 N–H and O–H groups in total. The number of nitrogens with one attached hydrogen (secondary N) is 1. The van der Waals surface area contributed by atoms with Gasteiger partial charge in [0.1, 0.15) is 0 Å². The van der Waals surface area contributed by atoms with Gasteiger partial charge in [-0.1, -0.05) is 11.6 Å². The topological polar surface area (TPSA) is 76.1 Å². The molecule has 0 saturated heterocycles. The SMILES string of the molecule is O=C(NC1C=CS(=O)(=O)C1)c1cnccc1Cl. The van der Waals surface area contributed by atoms with Gasteiger partial charge >= 0.3 is 0 Å². The first kappa shape index (κ1) is 12.1. The molecule has 1 amide bonds. The first-order valence-corrected chi connectivity index (χ1v) is 6.88. The maximum atomic E-state index is 11.8. The predicted molar refractivity (Wildman–Crippen MR) is 63.4 cm³/mol. The Labute approximate surface area is 103 Å². The number of aromatic nitrogens is 1. The van der Waals surface area contributed by atoms with Crippen molar-refractivity contribution in [3.63, 3.8) is 0 Å². The minimum absolute atomic E-state index is 0.114. The van der Waals surface area contributed by atoms with Crippen LogP contribution in [-0.4, -0.2) is 31.1 Å². The molecule has 7 heteroatoms. The molecular weight excluding hydrogens is 264 g/mol. The molecule has 0 bridgehead atoms. The van der Waals surface area contributed by atoms with Crippen LogP contribution in [0, 0.1) is 0 Å². The van der Waals surface area contributed by atoms with Gasteiger partial charge in [0.25, 0.3) is 5.91 Å². The summed E-state index contributed by atoms with van der Waals surface area (Å²) in [4.78, 5) is 15.6. The summed E-state index contributed by atoms with van der Waals surface area (Å²) >= 11 is 5.82. The van der Waals surface area contributed by atoms with Crippen molar-refractivity contribution in [1.82, 2.24) is 10.3 Å². The van der Waals surface area contributed by atoms with Crippen molar-refractivity contribution in [3.05, 3.63) is 40.5 Å². The predicted octanol–water partition coefficient (Wildman–Crippen LogP) is 0.775. The van der Waals surface area contributed by atoms with E-state index in [2.05, 4.69) is 10.3 Å². The highest BCUT2D eigenvalue weighted by atomic mass is 35.5. The van der Waals surface area contributed by atoms with Gasteiger partial charge in [-0.25, -0.2) is 8.42 Å². The van der Waals surface area contributed by atoms with Gasteiger partial charge in [-0.3, -0.25) is 9.78 Å². The number of pyridine rings is 1. The zero-order valence-corrected chi connectivity index (χ0v) is 10.2.